The number of phenols is 2. The molecule has 4 N–H and O–H groups in total. The van der Waals surface area contributed by atoms with E-state index in [0.29, 0.717) is 19.4 Å². The van der Waals surface area contributed by atoms with Gasteiger partial charge >= 0.3 is 5.97 Å². The molecule has 0 saturated heterocycles. The number of aliphatic carboxylic acids is 1. The Morgan fingerprint density at radius 2 is 1.81 bits per heavy atom. The number of aromatic hydroxyl groups is 2. The first kappa shape index (κ1) is 15.2. The maximum Gasteiger partial charge on any atom is 0.306 e. The van der Waals surface area contributed by atoms with Crippen LogP contribution in [0.3, 0.4) is 0 Å². The van der Waals surface area contributed by atoms with Crippen molar-refractivity contribution in [2.45, 2.75) is 25.7 Å². The van der Waals surface area contributed by atoms with Gasteiger partial charge in [-0.15, -0.1) is 0 Å². The van der Waals surface area contributed by atoms with Crippen LogP contribution in [0.4, 0.5) is 0 Å². The number of carboxylic acids is 1. The molecular formula is C15H19NO5. The highest BCUT2D eigenvalue weighted by atomic mass is 16.4. The third kappa shape index (κ3) is 3.87. The topological polar surface area (TPSA) is 107 Å². The molecule has 6 heteroatoms. The summed E-state index contributed by atoms with van der Waals surface area (Å²) < 4.78 is 0. The van der Waals surface area contributed by atoms with Gasteiger partial charge in [-0.3, -0.25) is 9.59 Å². The molecule has 0 atom stereocenters. The largest absolute Gasteiger partial charge is 0.508 e. The molecule has 0 aliphatic heterocycles. The zero-order valence-corrected chi connectivity index (χ0v) is 11.6. The van der Waals surface area contributed by atoms with E-state index in [1.54, 1.807) is 0 Å². The molecule has 0 bridgehead atoms. The van der Waals surface area contributed by atoms with Gasteiger partial charge in [0.15, 0.2) is 0 Å². The Kier molecular flexibility index (Phi) is 4.67. The fraction of sp³-hybridized carbons (Fsp3) is 0.467. The first-order valence-electron chi connectivity index (χ1n) is 7.00. The van der Waals surface area contributed by atoms with Crippen LogP contribution in [-0.4, -0.2) is 33.7 Å². The van der Waals surface area contributed by atoms with E-state index >= 15 is 0 Å². The zero-order valence-electron chi connectivity index (χ0n) is 11.6. The van der Waals surface area contributed by atoms with Gasteiger partial charge in [-0.25, -0.2) is 0 Å². The monoisotopic (exact) mass is 293 g/mol. The molecule has 0 spiro atoms. The summed E-state index contributed by atoms with van der Waals surface area (Å²) in [5, 5.41) is 30.5. The molecule has 2 rings (SSSR count). The minimum atomic E-state index is -0.744. The Balaban J connectivity index is 1.83. The summed E-state index contributed by atoms with van der Waals surface area (Å²) in [6.45, 7) is 0.464. The number of amides is 1. The Bertz CT molecular complexity index is 535. The van der Waals surface area contributed by atoms with Crippen molar-refractivity contribution >= 4 is 11.9 Å². The third-order valence-electron chi connectivity index (χ3n) is 3.97. The van der Waals surface area contributed by atoms with Crippen molar-refractivity contribution in [1.82, 2.24) is 5.32 Å². The van der Waals surface area contributed by atoms with E-state index in [0.717, 1.165) is 18.9 Å². The Labute approximate surface area is 122 Å². The summed E-state index contributed by atoms with van der Waals surface area (Å²) in [5.41, 5.74) is 0.118. The van der Waals surface area contributed by atoms with Gasteiger partial charge in [0, 0.05) is 12.6 Å². The van der Waals surface area contributed by atoms with E-state index in [-0.39, 0.29) is 28.9 Å². The molecule has 1 aliphatic carbocycles. The van der Waals surface area contributed by atoms with Crippen LogP contribution in [-0.2, 0) is 4.79 Å². The normalized spacial score (nSPS) is 21.7. The highest BCUT2D eigenvalue weighted by Gasteiger charge is 2.26. The number of phenolic OH excluding ortho intramolecular Hbond substituents is 2. The van der Waals surface area contributed by atoms with Crippen molar-refractivity contribution < 1.29 is 24.9 Å². The smallest absolute Gasteiger partial charge is 0.306 e. The average molecular weight is 293 g/mol. The summed E-state index contributed by atoms with van der Waals surface area (Å²) in [6, 6.07) is 3.82. The van der Waals surface area contributed by atoms with Crippen molar-refractivity contribution in [3.8, 4) is 11.5 Å². The lowest BCUT2D eigenvalue weighted by molar-refractivity contribution is -0.143. The lowest BCUT2D eigenvalue weighted by atomic mass is 9.82. The quantitative estimate of drug-likeness (QED) is 0.676. The van der Waals surface area contributed by atoms with Gasteiger partial charge in [-0.05, 0) is 43.7 Å². The molecule has 1 fully saturated rings. The number of hydrogen-bond acceptors (Lipinski definition) is 4. The van der Waals surface area contributed by atoms with Gasteiger partial charge in [0.2, 0.25) is 0 Å². The van der Waals surface area contributed by atoms with Crippen molar-refractivity contribution in [3.63, 3.8) is 0 Å². The molecule has 0 unspecified atom stereocenters. The van der Waals surface area contributed by atoms with E-state index in [1.807, 2.05) is 0 Å². The number of nitrogens with one attached hydrogen (secondary N) is 1. The lowest BCUT2D eigenvalue weighted by Crippen LogP contribution is -2.32. The van der Waals surface area contributed by atoms with Crippen molar-refractivity contribution in [2.24, 2.45) is 11.8 Å². The zero-order chi connectivity index (χ0) is 15.4. The first-order valence-corrected chi connectivity index (χ1v) is 7.00. The Hall–Kier alpha value is -2.24. The molecule has 1 aromatic rings. The second kappa shape index (κ2) is 6.47. The molecule has 1 aliphatic rings. The molecule has 1 amide bonds. The van der Waals surface area contributed by atoms with E-state index in [4.69, 9.17) is 5.11 Å². The van der Waals surface area contributed by atoms with E-state index < -0.39 is 11.9 Å². The number of rotatable bonds is 4. The maximum atomic E-state index is 11.9. The maximum absolute atomic E-state index is 11.9. The molecule has 0 heterocycles. The fourth-order valence-corrected chi connectivity index (χ4v) is 2.66. The van der Waals surface area contributed by atoms with Crippen LogP contribution in [0.15, 0.2) is 18.2 Å². The number of benzene rings is 1. The van der Waals surface area contributed by atoms with E-state index in [2.05, 4.69) is 5.32 Å². The molecule has 0 aromatic heterocycles. The standard InChI is InChI=1S/C15H19NO5/c17-11-5-6-12(13(18)7-11)14(19)16-8-9-1-3-10(4-2-9)15(20)21/h5-7,9-10,17-18H,1-4,8H2,(H,16,19)(H,20,21). The van der Waals surface area contributed by atoms with Crippen LogP contribution in [0.2, 0.25) is 0 Å². The molecule has 1 saturated carbocycles. The summed E-state index contributed by atoms with van der Waals surface area (Å²) in [5.74, 6) is -1.50. The molecule has 21 heavy (non-hydrogen) atoms. The molecule has 1 aromatic carbocycles. The summed E-state index contributed by atoms with van der Waals surface area (Å²) in [4.78, 5) is 22.8. The Morgan fingerprint density at radius 1 is 1.14 bits per heavy atom. The van der Waals surface area contributed by atoms with Gasteiger partial charge in [-0.2, -0.15) is 0 Å². The van der Waals surface area contributed by atoms with Gasteiger partial charge < -0.3 is 20.6 Å². The van der Waals surface area contributed by atoms with Crippen molar-refractivity contribution in [3.05, 3.63) is 23.8 Å². The minimum absolute atomic E-state index is 0.101. The number of carboxylic acid groups (broad SMARTS) is 1. The minimum Gasteiger partial charge on any atom is -0.508 e. The van der Waals surface area contributed by atoms with E-state index in [9.17, 15) is 19.8 Å². The highest BCUT2D eigenvalue weighted by molar-refractivity contribution is 5.96. The fourth-order valence-electron chi connectivity index (χ4n) is 2.66. The molecular weight excluding hydrogens is 274 g/mol. The Morgan fingerprint density at radius 3 is 2.38 bits per heavy atom. The second-order valence-corrected chi connectivity index (χ2v) is 5.47. The van der Waals surface area contributed by atoms with Crippen LogP contribution in [0.5, 0.6) is 11.5 Å². The third-order valence-corrected chi connectivity index (χ3v) is 3.97. The first-order chi connectivity index (χ1) is 9.97. The molecule has 0 radical (unpaired) electrons. The highest BCUT2D eigenvalue weighted by Crippen LogP contribution is 2.28. The summed E-state index contributed by atoms with van der Waals surface area (Å²) >= 11 is 0. The van der Waals surface area contributed by atoms with Gasteiger partial charge in [0.1, 0.15) is 11.5 Å². The van der Waals surface area contributed by atoms with Gasteiger partial charge in [-0.1, -0.05) is 0 Å². The van der Waals surface area contributed by atoms with Gasteiger partial charge in [0.25, 0.3) is 5.91 Å². The number of carbonyl (C=O) groups excluding carboxylic acids is 1. The molecule has 114 valence electrons. The van der Waals surface area contributed by atoms with Crippen LogP contribution >= 0.6 is 0 Å². The van der Waals surface area contributed by atoms with Crippen LogP contribution in [0, 0.1) is 11.8 Å². The predicted molar refractivity (Wildman–Crippen MR) is 75.2 cm³/mol. The van der Waals surface area contributed by atoms with Crippen LogP contribution < -0.4 is 5.32 Å². The van der Waals surface area contributed by atoms with Crippen molar-refractivity contribution in [2.75, 3.05) is 6.54 Å². The van der Waals surface area contributed by atoms with E-state index in [1.165, 1.54) is 12.1 Å². The summed E-state index contributed by atoms with van der Waals surface area (Å²) in [7, 11) is 0. The lowest BCUT2D eigenvalue weighted by Gasteiger charge is -2.26. The van der Waals surface area contributed by atoms with Crippen LogP contribution in [0.25, 0.3) is 0 Å². The number of hydrogen-bond donors (Lipinski definition) is 4. The van der Waals surface area contributed by atoms with Crippen molar-refractivity contribution in [1.29, 1.82) is 0 Å². The summed E-state index contributed by atoms with van der Waals surface area (Å²) in [6.07, 6.45) is 2.83. The van der Waals surface area contributed by atoms with Gasteiger partial charge in [0.05, 0.1) is 11.5 Å². The predicted octanol–water partition coefficient (Wildman–Crippen LogP) is 1.72. The average Bonchev–Trinajstić information content (AvgIpc) is 2.45. The molecule has 6 nitrogen and oxygen atoms in total. The SMILES string of the molecule is O=C(NCC1CCC(C(=O)O)CC1)c1ccc(O)cc1O. The number of carbonyl (C=O) groups is 2. The second-order valence-electron chi connectivity index (χ2n) is 5.47. The van der Waals surface area contributed by atoms with Crippen LogP contribution in [0.1, 0.15) is 36.0 Å².